The van der Waals surface area contributed by atoms with E-state index in [1.54, 1.807) is 6.20 Å². The number of allylic oxidation sites excluding steroid dienone is 1. The molecule has 0 rings (SSSR count). The minimum atomic E-state index is -0.0117. The highest BCUT2D eigenvalue weighted by molar-refractivity contribution is 5.73. The molecular formula is C7H13NO. The van der Waals surface area contributed by atoms with Crippen molar-refractivity contribution in [3.63, 3.8) is 0 Å². The minimum absolute atomic E-state index is 0.0117. The molecule has 0 unspecified atom stereocenters. The Morgan fingerprint density at radius 1 is 1.67 bits per heavy atom. The second-order valence-electron chi connectivity index (χ2n) is 1.89. The lowest BCUT2D eigenvalue weighted by molar-refractivity contribution is -0.118. The van der Waals surface area contributed by atoms with E-state index in [1.165, 1.54) is 6.92 Å². The van der Waals surface area contributed by atoms with Crippen molar-refractivity contribution in [3.05, 3.63) is 12.3 Å². The SMILES string of the molecule is CCC/C=C/NC(C)=O. The molecule has 0 saturated heterocycles. The van der Waals surface area contributed by atoms with Gasteiger partial charge in [-0.1, -0.05) is 19.4 Å². The number of rotatable bonds is 3. The van der Waals surface area contributed by atoms with Crippen molar-refractivity contribution < 1.29 is 4.79 Å². The van der Waals surface area contributed by atoms with Crippen LogP contribution in [0.3, 0.4) is 0 Å². The van der Waals surface area contributed by atoms with Crippen LogP contribution in [0.1, 0.15) is 26.7 Å². The second kappa shape index (κ2) is 5.35. The first kappa shape index (κ1) is 8.21. The monoisotopic (exact) mass is 127 g/mol. The Bertz CT molecular complexity index is 107. The Balaban J connectivity index is 3.14. The first-order chi connectivity index (χ1) is 4.27. The molecule has 0 heterocycles. The Morgan fingerprint density at radius 3 is 2.78 bits per heavy atom. The van der Waals surface area contributed by atoms with Gasteiger partial charge < -0.3 is 5.32 Å². The van der Waals surface area contributed by atoms with Crippen LogP contribution in [-0.4, -0.2) is 5.91 Å². The number of hydrogen-bond donors (Lipinski definition) is 1. The van der Waals surface area contributed by atoms with Crippen molar-refractivity contribution in [1.82, 2.24) is 5.32 Å². The molecule has 0 aliphatic rings. The lowest BCUT2D eigenvalue weighted by Crippen LogP contribution is -2.11. The van der Waals surface area contributed by atoms with Crippen LogP contribution < -0.4 is 5.32 Å². The number of amides is 1. The van der Waals surface area contributed by atoms with Gasteiger partial charge in [0.25, 0.3) is 0 Å². The van der Waals surface area contributed by atoms with E-state index in [0.29, 0.717) is 0 Å². The molecule has 2 nitrogen and oxygen atoms in total. The van der Waals surface area contributed by atoms with Gasteiger partial charge >= 0.3 is 0 Å². The van der Waals surface area contributed by atoms with E-state index in [2.05, 4.69) is 12.2 Å². The molecule has 0 aromatic rings. The average molecular weight is 127 g/mol. The number of carbonyl (C=O) groups excluding carboxylic acids is 1. The summed E-state index contributed by atoms with van der Waals surface area (Å²) in [7, 11) is 0. The Morgan fingerprint density at radius 2 is 2.33 bits per heavy atom. The van der Waals surface area contributed by atoms with Gasteiger partial charge in [0.2, 0.25) is 5.91 Å². The predicted octanol–water partition coefficient (Wildman–Crippen LogP) is 1.44. The largest absolute Gasteiger partial charge is 0.333 e. The molecule has 52 valence electrons. The summed E-state index contributed by atoms with van der Waals surface area (Å²) in [4.78, 5) is 10.2. The lowest BCUT2D eigenvalue weighted by atomic mass is 10.3. The molecule has 0 spiro atoms. The van der Waals surface area contributed by atoms with Crippen LogP contribution in [0.15, 0.2) is 12.3 Å². The summed E-state index contributed by atoms with van der Waals surface area (Å²) >= 11 is 0. The summed E-state index contributed by atoms with van der Waals surface area (Å²) in [6.07, 6.45) is 5.78. The molecule has 0 aliphatic heterocycles. The Hall–Kier alpha value is -0.790. The van der Waals surface area contributed by atoms with Gasteiger partial charge in [0.15, 0.2) is 0 Å². The first-order valence-corrected chi connectivity index (χ1v) is 3.19. The van der Waals surface area contributed by atoms with Crippen molar-refractivity contribution in [2.24, 2.45) is 0 Å². The highest BCUT2D eigenvalue weighted by Gasteiger charge is 1.79. The summed E-state index contributed by atoms with van der Waals surface area (Å²) in [5, 5.41) is 2.56. The van der Waals surface area contributed by atoms with Gasteiger partial charge in [-0.15, -0.1) is 0 Å². The molecule has 0 aliphatic carbocycles. The summed E-state index contributed by atoms with van der Waals surface area (Å²) in [6.45, 7) is 3.59. The standard InChI is InChI=1S/C7H13NO/c1-3-4-5-6-8-7(2)9/h5-6H,3-4H2,1-2H3,(H,8,9)/b6-5+. The maximum atomic E-state index is 10.2. The maximum Gasteiger partial charge on any atom is 0.220 e. The summed E-state index contributed by atoms with van der Waals surface area (Å²) < 4.78 is 0. The zero-order valence-electron chi connectivity index (χ0n) is 5.98. The molecule has 0 fully saturated rings. The Labute approximate surface area is 56.0 Å². The lowest BCUT2D eigenvalue weighted by Gasteiger charge is -1.88. The van der Waals surface area contributed by atoms with E-state index in [0.717, 1.165) is 12.8 Å². The topological polar surface area (TPSA) is 29.1 Å². The van der Waals surface area contributed by atoms with Crippen molar-refractivity contribution >= 4 is 5.91 Å². The summed E-state index contributed by atoms with van der Waals surface area (Å²) in [5.41, 5.74) is 0. The number of unbranched alkanes of at least 4 members (excludes halogenated alkanes) is 1. The van der Waals surface area contributed by atoms with Crippen LogP contribution in [0.25, 0.3) is 0 Å². The average Bonchev–Trinajstić information content (AvgIpc) is 1.80. The van der Waals surface area contributed by atoms with Crippen molar-refractivity contribution in [2.45, 2.75) is 26.7 Å². The van der Waals surface area contributed by atoms with Gasteiger partial charge in [-0.3, -0.25) is 4.79 Å². The first-order valence-electron chi connectivity index (χ1n) is 3.19. The minimum Gasteiger partial charge on any atom is -0.333 e. The van der Waals surface area contributed by atoms with Crippen LogP contribution in [-0.2, 0) is 4.79 Å². The maximum absolute atomic E-state index is 10.2. The molecule has 1 N–H and O–H groups in total. The summed E-state index contributed by atoms with van der Waals surface area (Å²) in [5.74, 6) is -0.0117. The third-order valence-electron chi connectivity index (χ3n) is 0.860. The van der Waals surface area contributed by atoms with Crippen molar-refractivity contribution in [2.75, 3.05) is 0 Å². The van der Waals surface area contributed by atoms with Crippen LogP contribution in [0.2, 0.25) is 0 Å². The second-order valence-corrected chi connectivity index (χ2v) is 1.89. The number of hydrogen-bond acceptors (Lipinski definition) is 1. The Kier molecular flexibility index (Phi) is 4.88. The van der Waals surface area contributed by atoms with Crippen LogP contribution in [0.5, 0.6) is 0 Å². The fourth-order valence-electron chi connectivity index (χ4n) is 0.426. The third-order valence-corrected chi connectivity index (χ3v) is 0.860. The van der Waals surface area contributed by atoms with Gasteiger partial charge in [-0.05, 0) is 12.6 Å². The van der Waals surface area contributed by atoms with Gasteiger partial charge in [0, 0.05) is 6.92 Å². The molecule has 0 atom stereocenters. The van der Waals surface area contributed by atoms with E-state index in [-0.39, 0.29) is 5.91 Å². The zero-order chi connectivity index (χ0) is 7.11. The predicted molar refractivity (Wildman–Crippen MR) is 37.9 cm³/mol. The van der Waals surface area contributed by atoms with Gasteiger partial charge in [0.05, 0.1) is 0 Å². The molecule has 2 heteroatoms. The molecule has 0 bridgehead atoms. The van der Waals surface area contributed by atoms with Crippen LogP contribution >= 0.6 is 0 Å². The number of nitrogens with one attached hydrogen (secondary N) is 1. The third kappa shape index (κ3) is 7.21. The normalized spacial score (nSPS) is 10.0. The fraction of sp³-hybridized carbons (Fsp3) is 0.571. The molecule has 0 aromatic carbocycles. The van der Waals surface area contributed by atoms with Crippen LogP contribution in [0.4, 0.5) is 0 Å². The fourth-order valence-corrected chi connectivity index (χ4v) is 0.426. The van der Waals surface area contributed by atoms with E-state index in [1.807, 2.05) is 6.08 Å². The van der Waals surface area contributed by atoms with Gasteiger partial charge in [0.1, 0.15) is 0 Å². The van der Waals surface area contributed by atoms with Crippen molar-refractivity contribution in [1.29, 1.82) is 0 Å². The highest BCUT2D eigenvalue weighted by atomic mass is 16.1. The van der Waals surface area contributed by atoms with Gasteiger partial charge in [-0.25, -0.2) is 0 Å². The molecule has 0 aromatic heterocycles. The van der Waals surface area contributed by atoms with E-state index < -0.39 is 0 Å². The van der Waals surface area contributed by atoms with E-state index >= 15 is 0 Å². The molecule has 9 heavy (non-hydrogen) atoms. The summed E-state index contributed by atoms with van der Waals surface area (Å²) in [6, 6.07) is 0. The smallest absolute Gasteiger partial charge is 0.220 e. The van der Waals surface area contributed by atoms with Crippen LogP contribution in [0, 0.1) is 0 Å². The zero-order valence-corrected chi connectivity index (χ0v) is 5.98. The quantitative estimate of drug-likeness (QED) is 0.610. The van der Waals surface area contributed by atoms with E-state index in [4.69, 9.17) is 0 Å². The van der Waals surface area contributed by atoms with Crippen molar-refractivity contribution in [3.8, 4) is 0 Å². The number of carbonyl (C=O) groups is 1. The molecular weight excluding hydrogens is 114 g/mol. The molecule has 0 saturated carbocycles. The molecule has 1 amide bonds. The van der Waals surface area contributed by atoms with Gasteiger partial charge in [-0.2, -0.15) is 0 Å². The molecule has 0 radical (unpaired) electrons. The van der Waals surface area contributed by atoms with E-state index in [9.17, 15) is 4.79 Å². The highest BCUT2D eigenvalue weighted by Crippen LogP contribution is 1.85.